The molecule has 5 heteroatoms. The molecule has 1 heterocycles. The predicted octanol–water partition coefficient (Wildman–Crippen LogP) is -0.248. The van der Waals surface area contributed by atoms with Crippen LogP contribution in [0, 0.1) is 0 Å². The van der Waals surface area contributed by atoms with Gasteiger partial charge < -0.3 is 26.8 Å². The minimum atomic E-state index is 0.0160. The molecule has 2 atom stereocenters. The lowest BCUT2D eigenvalue weighted by Crippen LogP contribution is -2.39. The molecule has 1 saturated heterocycles. The van der Waals surface area contributed by atoms with Crippen molar-refractivity contribution in [3.63, 3.8) is 0 Å². The van der Waals surface area contributed by atoms with Gasteiger partial charge in [0, 0.05) is 36.9 Å². The fraction of sp³-hybridized carbons (Fsp3) is 0.455. The smallest absolute Gasteiger partial charge is 0.144 e. The highest BCUT2D eigenvalue weighted by atomic mass is 16.5. The average Bonchev–Trinajstić information content (AvgIpc) is 2.59. The van der Waals surface area contributed by atoms with Crippen LogP contribution >= 0.6 is 0 Å². The second kappa shape index (κ2) is 4.19. The largest absolute Gasteiger partial charge is 0.495 e. The number of rotatable bonds is 2. The van der Waals surface area contributed by atoms with Crippen LogP contribution < -0.4 is 26.8 Å². The van der Waals surface area contributed by atoms with Gasteiger partial charge in [-0.2, -0.15) is 0 Å². The van der Waals surface area contributed by atoms with Gasteiger partial charge in [-0.05, 0) is 12.1 Å². The number of hydrogen-bond donors (Lipinski definition) is 3. The monoisotopic (exact) mass is 222 g/mol. The van der Waals surface area contributed by atoms with Gasteiger partial charge in [-0.15, -0.1) is 0 Å². The molecule has 0 amide bonds. The topological polar surface area (TPSA) is 90.5 Å². The molecule has 2 unspecified atom stereocenters. The molecule has 6 N–H and O–H groups in total. The van der Waals surface area contributed by atoms with Gasteiger partial charge in [-0.1, -0.05) is 0 Å². The first kappa shape index (κ1) is 11.0. The molecule has 16 heavy (non-hydrogen) atoms. The van der Waals surface area contributed by atoms with E-state index >= 15 is 0 Å². The molecule has 0 saturated carbocycles. The van der Waals surface area contributed by atoms with Crippen LogP contribution in [0.5, 0.6) is 5.75 Å². The zero-order valence-electron chi connectivity index (χ0n) is 9.39. The molecule has 2 rings (SSSR count). The summed E-state index contributed by atoms with van der Waals surface area (Å²) in [7, 11) is 1.63. The zero-order valence-corrected chi connectivity index (χ0v) is 9.39. The van der Waals surface area contributed by atoms with Crippen molar-refractivity contribution in [2.45, 2.75) is 12.1 Å². The van der Waals surface area contributed by atoms with E-state index in [1.165, 1.54) is 0 Å². The van der Waals surface area contributed by atoms with Crippen LogP contribution in [0.15, 0.2) is 18.2 Å². The van der Waals surface area contributed by atoms with Crippen LogP contribution in [0.2, 0.25) is 0 Å². The predicted molar refractivity (Wildman–Crippen MR) is 65.6 cm³/mol. The lowest BCUT2D eigenvalue weighted by molar-refractivity contribution is 0.415. The van der Waals surface area contributed by atoms with Gasteiger partial charge in [-0.25, -0.2) is 0 Å². The number of nitrogens with zero attached hydrogens (tertiary/aromatic N) is 1. The van der Waals surface area contributed by atoms with Crippen molar-refractivity contribution in [1.29, 1.82) is 0 Å². The highest BCUT2D eigenvalue weighted by Crippen LogP contribution is 2.31. The summed E-state index contributed by atoms with van der Waals surface area (Å²) < 4.78 is 5.31. The molecular weight excluding hydrogens is 204 g/mol. The van der Waals surface area contributed by atoms with Crippen LogP contribution in [0.4, 0.5) is 11.4 Å². The fourth-order valence-electron chi connectivity index (χ4n) is 2.01. The molecule has 88 valence electrons. The van der Waals surface area contributed by atoms with Crippen LogP contribution in [0.3, 0.4) is 0 Å². The van der Waals surface area contributed by atoms with Crippen LogP contribution in [0.1, 0.15) is 0 Å². The zero-order chi connectivity index (χ0) is 11.7. The Labute approximate surface area is 95.1 Å². The quantitative estimate of drug-likeness (QED) is 0.600. The molecule has 0 aliphatic carbocycles. The normalized spacial score (nSPS) is 24.8. The maximum absolute atomic E-state index is 5.90. The van der Waals surface area contributed by atoms with Gasteiger partial charge in [0.25, 0.3) is 0 Å². The van der Waals surface area contributed by atoms with Crippen molar-refractivity contribution in [1.82, 2.24) is 0 Å². The molecule has 1 aromatic rings. The fourth-order valence-corrected chi connectivity index (χ4v) is 2.01. The van der Waals surface area contributed by atoms with Crippen molar-refractivity contribution in [2.75, 3.05) is 30.8 Å². The molecule has 0 aromatic heterocycles. The summed E-state index contributed by atoms with van der Waals surface area (Å²) in [5.74, 6) is 0.765. The Morgan fingerprint density at radius 3 is 2.44 bits per heavy atom. The van der Waals surface area contributed by atoms with Gasteiger partial charge in [0.1, 0.15) is 5.75 Å². The van der Waals surface area contributed by atoms with Crippen molar-refractivity contribution in [2.24, 2.45) is 11.5 Å². The summed E-state index contributed by atoms with van der Waals surface area (Å²) in [5.41, 5.74) is 19.2. The van der Waals surface area contributed by atoms with E-state index in [1.54, 1.807) is 7.11 Å². The van der Waals surface area contributed by atoms with E-state index < -0.39 is 0 Å². The maximum Gasteiger partial charge on any atom is 0.144 e. The summed E-state index contributed by atoms with van der Waals surface area (Å²) in [4.78, 5) is 2.13. The Bertz CT molecular complexity index is 372. The number of nitrogen functional groups attached to an aromatic ring is 1. The molecule has 1 aromatic carbocycles. The Balaban J connectivity index is 2.27. The molecule has 1 fully saturated rings. The first-order chi connectivity index (χ1) is 7.61. The SMILES string of the molecule is COc1cc(N)ccc1N1CC(N)C(N)C1. The van der Waals surface area contributed by atoms with Gasteiger partial charge in [0.15, 0.2) is 0 Å². The highest BCUT2D eigenvalue weighted by molar-refractivity contribution is 5.64. The van der Waals surface area contributed by atoms with E-state index in [0.717, 1.165) is 24.5 Å². The molecule has 5 nitrogen and oxygen atoms in total. The standard InChI is InChI=1S/C11H18N4O/c1-16-11-4-7(12)2-3-10(11)15-5-8(13)9(14)6-15/h2-4,8-9H,5-6,12-14H2,1H3. The van der Waals surface area contributed by atoms with Gasteiger partial charge in [0.2, 0.25) is 0 Å². The Kier molecular flexibility index (Phi) is 2.89. The third-order valence-electron chi connectivity index (χ3n) is 2.96. The third kappa shape index (κ3) is 1.91. The number of ether oxygens (including phenoxy) is 1. The summed E-state index contributed by atoms with van der Waals surface area (Å²) in [5, 5.41) is 0. The van der Waals surface area contributed by atoms with Crippen LogP contribution in [-0.4, -0.2) is 32.3 Å². The molecule has 0 bridgehead atoms. The highest BCUT2D eigenvalue weighted by Gasteiger charge is 2.28. The second-order valence-electron chi connectivity index (χ2n) is 4.16. The number of anilines is 2. The van der Waals surface area contributed by atoms with E-state index in [9.17, 15) is 0 Å². The number of methoxy groups -OCH3 is 1. The van der Waals surface area contributed by atoms with Crippen molar-refractivity contribution < 1.29 is 4.74 Å². The third-order valence-corrected chi connectivity index (χ3v) is 2.96. The summed E-state index contributed by atoms with van der Waals surface area (Å²) in [6.45, 7) is 1.50. The summed E-state index contributed by atoms with van der Waals surface area (Å²) >= 11 is 0. The van der Waals surface area contributed by atoms with E-state index in [2.05, 4.69) is 4.90 Å². The number of nitrogens with two attached hydrogens (primary N) is 3. The van der Waals surface area contributed by atoms with Crippen molar-refractivity contribution in [3.05, 3.63) is 18.2 Å². The lowest BCUT2D eigenvalue weighted by Gasteiger charge is -2.21. The van der Waals surface area contributed by atoms with E-state index in [1.807, 2.05) is 18.2 Å². The minimum absolute atomic E-state index is 0.0160. The summed E-state index contributed by atoms with van der Waals surface area (Å²) in [6, 6.07) is 5.64. The Morgan fingerprint density at radius 1 is 1.25 bits per heavy atom. The average molecular weight is 222 g/mol. The Morgan fingerprint density at radius 2 is 1.88 bits per heavy atom. The van der Waals surface area contributed by atoms with E-state index in [0.29, 0.717) is 5.69 Å². The lowest BCUT2D eigenvalue weighted by atomic mass is 10.2. The Hall–Kier alpha value is -1.46. The van der Waals surface area contributed by atoms with E-state index in [-0.39, 0.29) is 12.1 Å². The van der Waals surface area contributed by atoms with Gasteiger partial charge >= 0.3 is 0 Å². The van der Waals surface area contributed by atoms with Crippen LogP contribution in [-0.2, 0) is 0 Å². The molecule has 1 aliphatic rings. The maximum atomic E-state index is 5.90. The van der Waals surface area contributed by atoms with Crippen molar-refractivity contribution >= 4 is 11.4 Å². The summed E-state index contributed by atoms with van der Waals surface area (Å²) in [6.07, 6.45) is 0. The number of benzene rings is 1. The first-order valence-corrected chi connectivity index (χ1v) is 5.31. The van der Waals surface area contributed by atoms with Gasteiger partial charge in [0.05, 0.1) is 12.8 Å². The van der Waals surface area contributed by atoms with Gasteiger partial charge in [-0.3, -0.25) is 0 Å². The first-order valence-electron chi connectivity index (χ1n) is 5.31. The molecule has 0 spiro atoms. The van der Waals surface area contributed by atoms with E-state index in [4.69, 9.17) is 21.9 Å². The molecule has 1 aliphatic heterocycles. The second-order valence-corrected chi connectivity index (χ2v) is 4.16. The molecular formula is C11H18N4O. The van der Waals surface area contributed by atoms with Crippen molar-refractivity contribution in [3.8, 4) is 5.75 Å². The number of hydrogen-bond acceptors (Lipinski definition) is 5. The minimum Gasteiger partial charge on any atom is -0.495 e. The molecule has 0 radical (unpaired) electrons. The van der Waals surface area contributed by atoms with Crippen LogP contribution in [0.25, 0.3) is 0 Å².